The number of aliphatic hydroxyl groups excluding tert-OH is 1. The van der Waals surface area contributed by atoms with Crippen molar-refractivity contribution in [3.63, 3.8) is 0 Å². The van der Waals surface area contributed by atoms with Gasteiger partial charge in [-0.05, 0) is 13.0 Å². The number of ether oxygens (including phenoxy) is 2. The molecule has 0 aliphatic rings. The maximum atomic E-state index is 12.9. The van der Waals surface area contributed by atoms with Crippen LogP contribution in [0.3, 0.4) is 0 Å². The molecule has 5 heteroatoms. The van der Waals surface area contributed by atoms with Crippen LogP contribution >= 0.6 is 0 Å². The topological polar surface area (TPSA) is 55.8 Å². The fourth-order valence-electron chi connectivity index (χ4n) is 1.52. The van der Waals surface area contributed by atoms with Crippen LogP contribution in [-0.2, 0) is 16.2 Å². The lowest BCUT2D eigenvalue weighted by atomic mass is 10.0. The molecule has 1 atom stereocenters. The van der Waals surface area contributed by atoms with Gasteiger partial charge in [0.15, 0.2) is 6.10 Å². The molecule has 0 radical (unpaired) electrons. The first kappa shape index (κ1) is 13.4. The van der Waals surface area contributed by atoms with E-state index < -0.39 is 18.7 Å². The van der Waals surface area contributed by atoms with E-state index in [9.17, 15) is 14.3 Å². The first-order valence-corrected chi connectivity index (χ1v) is 5.22. The van der Waals surface area contributed by atoms with Gasteiger partial charge in [-0.3, -0.25) is 0 Å². The highest BCUT2D eigenvalue weighted by Crippen LogP contribution is 2.28. The Labute approximate surface area is 99.0 Å². The summed E-state index contributed by atoms with van der Waals surface area (Å²) in [7, 11) is 1.40. The highest BCUT2D eigenvalue weighted by atomic mass is 19.1. The van der Waals surface area contributed by atoms with Crippen LogP contribution < -0.4 is 4.74 Å². The minimum atomic E-state index is -1.49. The molecule has 0 heterocycles. The van der Waals surface area contributed by atoms with Gasteiger partial charge in [-0.2, -0.15) is 0 Å². The molecule has 0 bridgehead atoms. The summed E-state index contributed by atoms with van der Waals surface area (Å²) in [6.07, 6.45) is -1.49. The molecule has 0 fully saturated rings. The average molecular weight is 242 g/mol. The second-order valence-electron chi connectivity index (χ2n) is 3.32. The Morgan fingerprint density at radius 2 is 2.24 bits per heavy atom. The maximum absolute atomic E-state index is 12.9. The van der Waals surface area contributed by atoms with E-state index in [1.165, 1.54) is 13.2 Å². The molecule has 0 aromatic heterocycles. The van der Waals surface area contributed by atoms with Crippen LogP contribution in [0.15, 0.2) is 18.2 Å². The van der Waals surface area contributed by atoms with Crippen LogP contribution in [-0.4, -0.2) is 24.8 Å². The molecule has 1 aromatic carbocycles. The van der Waals surface area contributed by atoms with Crippen molar-refractivity contribution >= 4 is 5.97 Å². The summed E-state index contributed by atoms with van der Waals surface area (Å²) >= 11 is 0. The summed E-state index contributed by atoms with van der Waals surface area (Å²) in [6, 6.07) is 4.62. The number of methoxy groups -OCH3 is 1. The third-order valence-corrected chi connectivity index (χ3v) is 2.33. The number of alkyl halides is 1. The van der Waals surface area contributed by atoms with E-state index in [1.54, 1.807) is 19.1 Å². The zero-order valence-electron chi connectivity index (χ0n) is 9.77. The van der Waals surface area contributed by atoms with Crippen LogP contribution in [0.5, 0.6) is 5.75 Å². The summed E-state index contributed by atoms with van der Waals surface area (Å²) < 4.78 is 22.5. The summed E-state index contributed by atoms with van der Waals surface area (Å²) in [5, 5.41) is 9.76. The van der Waals surface area contributed by atoms with Crippen LogP contribution in [0.25, 0.3) is 0 Å². The minimum Gasteiger partial charge on any atom is -0.496 e. The van der Waals surface area contributed by atoms with Gasteiger partial charge in [-0.15, -0.1) is 0 Å². The lowest BCUT2D eigenvalue weighted by Crippen LogP contribution is -2.17. The van der Waals surface area contributed by atoms with Crippen molar-refractivity contribution in [3.8, 4) is 5.75 Å². The molecular weight excluding hydrogens is 227 g/mol. The van der Waals surface area contributed by atoms with Gasteiger partial charge >= 0.3 is 5.97 Å². The van der Waals surface area contributed by atoms with Crippen LogP contribution in [0.4, 0.5) is 4.39 Å². The highest BCUT2D eigenvalue weighted by molar-refractivity contribution is 5.77. The van der Waals surface area contributed by atoms with Crippen LogP contribution in [0.2, 0.25) is 0 Å². The molecule has 0 saturated carbocycles. The van der Waals surface area contributed by atoms with E-state index in [1.807, 2.05) is 0 Å². The Bertz CT molecular complexity index is 392. The van der Waals surface area contributed by atoms with E-state index in [0.717, 1.165) is 0 Å². The fraction of sp³-hybridized carbons (Fsp3) is 0.417. The predicted octanol–water partition coefficient (Wildman–Crippen LogP) is 1.76. The fourth-order valence-corrected chi connectivity index (χ4v) is 1.52. The molecule has 1 unspecified atom stereocenters. The monoisotopic (exact) mass is 242 g/mol. The largest absolute Gasteiger partial charge is 0.496 e. The smallest absolute Gasteiger partial charge is 0.339 e. The van der Waals surface area contributed by atoms with Gasteiger partial charge in [0, 0.05) is 11.1 Å². The molecule has 1 aromatic rings. The van der Waals surface area contributed by atoms with Crippen molar-refractivity contribution in [1.82, 2.24) is 0 Å². The summed E-state index contributed by atoms with van der Waals surface area (Å²) in [5.74, 6) is -0.496. The van der Waals surface area contributed by atoms with Gasteiger partial charge in [0.1, 0.15) is 12.4 Å². The molecule has 0 aliphatic carbocycles. The maximum Gasteiger partial charge on any atom is 0.339 e. The lowest BCUT2D eigenvalue weighted by Gasteiger charge is -2.15. The SMILES string of the molecule is CCOC(=O)C(O)c1cccc(OC)c1CF. The highest BCUT2D eigenvalue weighted by Gasteiger charge is 2.23. The first-order chi connectivity index (χ1) is 8.15. The van der Waals surface area contributed by atoms with Crippen molar-refractivity contribution < 1.29 is 23.8 Å². The Morgan fingerprint density at radius 3 is 2.76 bits per heavy atom. The number of aliphatic hydroxyl groups is 1. The zero-order valence-corrected chi connectivity index (χ0v) is 9.77. The number of hydrogen-bond acceptors (Lipinski definition) is 4. The molecule has 0 spiro atoms. The molecule has 0 saturated heterocycles. The Balaban J connectivity index is 3.08. The van der Waals surface area contributed by atoms with Gasteiger partial charge in [-0.25, -0.2) is 9.18 Å². The Morgan fingerprint density at radius 1 is 1.53 bits per heavy atom. The van der Waals surface area contributed by atoms with E-state index in [4.69, 9.17) is 4.74 Å². The minimum absolute atomic E-state index is 0.158. The van der Waals surface area contributed by atoms with Crippen molar-refractivity contribution in [2.45, 2.75) is 19.7 Å². The van der Waals surface area contributed by atoms with Crippen LogP contribution in [0, 0.1) is 0 Å². The van der Waals surface area contributed by atoms with E-state index in [0.29, 0.717) is 5.75 Å². The van der Waals surface area contributed by atoms with Gasteiger partial charge in [-0.1, -0.05) is 12.1 Å². The second-order valence-corrected chi connectivity index (χ2v) is 3.32. The summed E-state index contributed by atoms with van der Waals surface area (Å²) in [6.45, 7) is 0.965. The van der Waals surface area contributed by atoms with Crippen molar-refractivity contribution in [2.24, 2.45) is 0 Å². The van der Waals surface area contributed by atoms with E-state index in [-0.39, 0.29) is 17.7 Å². The van der Waals surface area contributed by atoms with E-state index in [2.05, 4.69) is 4.74 Å². The summed E-state index contributed by atoms with van der Waals surface area (Å²) in [4.78, 5) is 11.4. The summed E-state index contributed by atoms with van der Waals surface area (Å²) in [5.41, 5.74) is 0.334. The molecule has 1 rings (SSSR count). The quantitative estimate of drug-likeness (QED) is 0.799. The third kappa shape index (κ3) is 2.94. The molecule has 4 nitrogen and oxygen atoms in total. The standard InChI is InChI=1S/C12H15FO4/c1-3-17-12(15)11(14)8-5-4-6-10(16-2)9(8)7-13/h4-6,11,14H,3,7H2,1-2H3. The Kier molecular flexibility index (Phi) is 4.90. The number of carbonyl (C=O) groups is 1. The molecule has 0 aliphatic heterocycles. The molecule has 94 valence electrons. The molecule has 1 N–H and O–H groups in total. The molecule has 0 amide bonds. The number of halogens is 1. The van der Waals surface area contributed by atoms with Crippen LogP contribution in [0.1, 0.15) is 24.2 Å². The van der Waals surface area contributed by atoms with Gasteiger partial charge in [0.2, 0.25) is 0 Å². The normalized spacial score (nSPS) is 12.0. The molecular formula is C12H15FO4. The van der Waals surface area contributed by atoms with E-state index >= 15 is 0 Å². The van der Waals surface area contributed by atoms with Crippen molar-refractivity contribution in [1.29, 1.82) is 0 Å². The second kappa shape index (κ2) is 6.20. The van der Waals surface area contributed by atoms with Crippen molar-refractivity contribution in [3.05, 3.63) is 29.3 Å². The zero-order chi connectivity index (χ0) is 12.8. The van der Waals surface area contributed by atoms with Gasteiger partial charge < -0.3 is 14.6 Å². The van der Waals surface area contributed by atoms with Crippen molar-refractivity contribution in [2.75, 3.05) is 13.7 Å². The number of carbonyl (C=O) groups excluding carboxylic acids is 1. The first-order valence-electron chi connectivity index (χ1n) is 5.22. The third-order valence-electron chi connectivity index (χ3n) is 2.33. The van der Waals surface area contributed by atoms with Gasteiger partial charge in [0.25, 0.3) is 0 Å². The average Bonchev–Trinajstić information content (AvgIpc) is 2.36. The molecule has 17 heavy (non-hydrogen) atoms. The number of hydrogen-bond donors (Lipinski definition) is 1. The Hall–Kier alpha value is -1.62. The lowest BCUT2D eigenvalue weighted by molar-refractivity contribution is -0.153. The number of esters is 1. The number of benzene rings is 1. The predicted molar refractivity (Wildman–Crippen MR) is 59.4 cm³/mol. The van der Waals surface area contributed by atoms with Gasteiger partial charge in [0.05, 0.1) is 13.7 Å². The number of rotatable bonds is 5.